The first-order chi connectivity index (χ1) is 13.4. The molecule has 4 rings (SSSR count). The quantitative estimate of drug-likeness (QED) is 0.774. The SMILES string of the molecule is Cc1nc2c3c(nn2c(C)c1Cl)CN(C(=O)C1=CCCC=C1OCC(C)C)C3. The van der Waals surface area contributed by atoms with Gasteiger partial charge < -0.3 is 9.64 Å². The summed E-state index contributed by atoms with van der Waals surface area (Å²) in [4.78, 5) is 19.6. The molecule has 7 heteroatoms. The van der Waals surface area contributed by atoms with Gasteiger partial charge in [-0.2, -0.15) is 5.10 Å². The van der Waals surface area contributed by atoms with E-state index < -0.39 is 0 Å². The molecule has 2 aromatic heterocycles. The van der Waals surface area contributed by atoms with Gasteiger partial charge in [-0.15, -0.1) is 0 Å². The Kier molecular flexibility index (Phi) is 4.91. The molecule has 0 saturated carbocycles. The van der Waals surface area contributed by atoms with Crippen molar-refractivity contribution in [2.75, 3.05) is 6.61 Å². The van der Waals surface area contributed by atoms with Gasteiger partial charge in [-0.3, -0.25) is 4.79 Å². The first-order valence-corrected chi connectivity index (χ1v) is 10.1. The third-order valence-corrected chi connectivity index (χ3v) is 5.70. The van der Waals surface area contributed by atoms with Gasteiger partial charge in [0.2, 0.25) is 0 Å². The monoisotopic (exact) mass is 400 g/mol. The Hall–Kier alpha value is -2.34. The number of carbonyl (C=O) groups is 1. The summed E-state index contributed by atoms with van der Waals surface area (Å²) in [7, 11) is 0. The maximum absolute atomic E-state index is 13.2. The zero-order valence-electron chi connectivity index (χ0n) is 16.8. The lowest BCUT2D eigenvalue weighted by Gasteiger charge is -2.22. The van der Waals surface area contributed by atoms with Crippen LogP contribution in [0.3, 0.4) is 0 Å². The topological polar surface area (TPSA) is 59.7 Å². The highest BCUT2D eigenvalue weighted by Crippen LogP contribution is 2.31. The number of ether oxygens (including phenoxy) is 1. The molecule has 1 aliphatic carbocycles. The van der Waals surface area contributed by atoms with Gasteiger partial charge in [-0.1, -0.05) is 31.5 Å². The highest BCUT2D eigenvalue weighted by Gasteiger charge is 2.32. The Bertz CT molecular complexity index is 1020. The van der Waals surface area contributed by atoms with Crippen molar-refractivity contribution in [1.82, 2.24) is 19.5 Å². The van der Waals surface area contributed by atoms with Crippen LogP contribution in [0.1, 0.15) is 49.3 Å². The van der Waals surface area contributed by atoms with Gasteiger partial charge in [-0.25, -0.2) is 9.50 Å². The number of allylic oxidation sites excluding steroid dienone is 2. The summed E-state index contributed by atoms with van der Waals surface area (Å²) >= 11 is 6.31. The van der Waals surface area contributed by atoms with Crippen LogP contribution < -0.4 is 0 Å². The van der Waals surface area contributed by atoms with E-state index in [1.54, 1.807) is 4.52 Å². The van der Waals surface area contributed by atoms with Crippen molar-refractivity contribution in [3.05, 3.63) is 51.2 Å². The van der Waals surface area contributed by atoms with E-state index in [0.717, 1.165) is 41.1 Å². The molecule has 0 aromatic carbocycles. The summed E-state index contributed by atoms with van der Waals surface area (Å²) in [6.07, 6.45) is 5.78. The molecule has 1 amide bonds. The summed E-state index contributed by atoms with van der Waals surface area (Å²) in [6, 6.07) is 0. The molecule has 0 unspecified atom stereocenters. The predicted molar refractivity (Wildman–Crippen MR) is 108 cm³/mol. The summed E-state index contributed by atoms with van der Waals surface area (Å²) in [5, 5.41) is 5.29. The minimum Gasteiger partial charge on any atom is -0.493 e. The number of aryl methyl sites for hydroxylation is 2. The zero-order valence-corrected chi connectivity index (χ0v) is 17.5. The van der Waals surface area contributed by atoms with Crippen molar-refractivity contribution < 1.29 is 9.53 Å². The Morgan fingerprint density at radius 2 is 2.00 bits per heavy atom. The van der Waals surface area contributed by atoms with Crippen LogP contribution in [0, 0.1) is 19.8 Å². The third-order valence-electron chi connectivity index (χ3n) is 5.16. The van der Waals surface area contributed by atoms with Gasteiger partial charge in [0.1, 0.15) is 5.76 Å². The zero-order chi connectivity index (χ0) is 20.0. The summed E-state index contributed by atoms with van der Waals surface area (Å²) in [5.41, 5.74) is 4.99. The van der Waals surface area contributed by atoms with Crippen LogP contribution in [0.25, 0.3) is 5.65 Å². The molecule has 0 N–H and O–H groups in total. The molecule has 0 fully saturated rings. The van der Waals surface area contributed by atoms with Crippen molar-refractivity contribution in [2.24, 2.45) is 5.92 Å². The molecule has 148 valence electrons. The predicted octanol–water partition coefficient (Wildman–Crippen LogP) is 4.12. The normalized spacial score (nSPS) is 16.4. The van der Waals surface area contributed by atoms with Crippen LogP contribution in [0.5, 0.6) is 0 Å². The highest BCUT2D eigenvalue weighted by atomic mass is 35.5. The van der Waals surface area contributed by atoms with Gasteiger partial charge in [0.25, 0.3) is 5.91 Å². The first kappa shape index (κ1) is 19.0. The van der Waals surface area contributed by atoms with E-state index in [2.05, 4.69) is 23.9 Å². The van der Waals surface area contributed by atoms with Crippen molar-refractivity contribution in [3.63, 3.8) is 0 Å². The molecule has 2 aliphatic rings. The fourth-order valence-corrected chi connectivity index (χ4v) is 3.79. The number of aromatic nitrogens is 3. The second kappa shape index (κ2) is 7.24. The minimum atomic E-state index is -0.00624. The maximum atomic E-state index is 13.2. The van der Waals surface area contributed by atoms with E-state index in [1.807, 2.05) is 30.9 Å². The number of hydrogen-bond donors (Lipinski definition) is 0. The number of amides is 1. The molecular weight excluding hydrogens is 376 g/mol. The minimum absolute atomic E-state index is 0.00624. The fraction of sp³-hybridized carbons (Fsp3) is 0.476. The van der Waals surface area contributed by atoms with Crippen LogP contribution in [0.4, 0.5) is 0 Å². The van der Waals surface area contributed by atoms with E-state index in [-0.39, 0.29) is 5.91 Å². The lowest BCUT2D eigenvalue weighted by Crippen LogP contribution is -2.29. The molecule has 0 atom stereocenters. The standard InChI is InChI=1S/C21H25ClN4O2/c1-12(2)11-28-18-8-6-5-7-15(18)21(27)25-9-16-17(10-25)24-26-14(4)19(22)13(3)23-20(16)26/h7-8,12H,5-6,9-11H2,1-4H3. The van der Waals surface area contributed by atoms with Crippen molar-refractivity contribution in [1.29, 1.82) is 0 Å². The van der Waals surface area contributed by atoms with Crippen LogP contribution in [0.15, 0.2) is 23.5 Å². The number of fused-ring (bicyclic) bond motifs is 3. The largest absolute Gasteiger partial charge is 0.493 e. The van der Waals surface area contributed by atoms with Crippen molar-refractivity contribution >= 4 is 23.2 Å². The maximum Gasteiger partial charge on any atom is 0.257 e. The number of rotatable bonds is 4. The van der Waals surface area contributed by atoms with E-state index in [4.69, 9.17) is 16.3 Å². The molecule has 3 heterocycles. The van der Waals surface area contributed by atoms with E-state index in [1.165, 1.54) is 0 Å². The second-order valence-electron chi connectivity index (χ2n) is 7.89. The molecule has 2 aromatic rings. The highest BCUT2D eigenvalue weighted by molar-refractivity contribution is 6.31. The van der Waals surface area contributed by atoms with Crippen LogP contribution in [0.2, 0.25) is 5.02 Å². The fourth-order valence-electron chi connectivity index (χ4n) is 3.67. The van der Waals surface area contributed by atoms with Crippen molar-refractivity contribution in [2.45, 2.75) is 53.6 Å². The molecule has 0 spiro atoms. The number of carbonyl (C=O) groups excluding carboxylic acids is 1. The molecule has 1 aliphatic heterocycles. The number of hydrogen-bond acceptors (Lipinski definition) is 4. The lowest BCUT2D eigenvalue weighted by molar-refractivity contribution is -0.127. The average Bonchev–Trinajstić information content (AvgIpc) is 3.23. The summed E-state index contributed by atoms with van der Waals surface area (Å²) in [5.74, 6) is 1.11. The van der Waals surface area contributed by atoms with E-state index in [0.29, 0.717) is 42.0 Å². The molecule has 0 radical (unpaired) electrons. The summed E-state index contributed by atoms with van der Waals surface area (Å²) in [6.45, 7) is 9.61. The molecular formula is C21H25ClN4O2. The van der Waals surface area contributed by atoms with E-state index >= 15 is 0 Å². The van der Waals surface area contributed by atoms with Crippen molar-refractivity contribution in [3.8, 4) is 0 Å². The van der Waals surface area contributed by atoms with Crippen LogP contribution in [-0.2, 0) is 22.6 Å². The number of nitrogens with zero attached hydrogens (tertiary/aromatic N) is 4. The second-order valence-corrected chi connectivity index (χ2v) is 8.26. The van der Waals surface area contributed by atoms with Gasteiger partial charge in [0, 0.05) is 5.56 Å². The summed E-state index contributed by atoms with van der Waals surface area (Å²) < 4.78 is 7.70. The first-order valence-electron chi connectivity index (χ1n) is 9.72. The molecule has 28 heavy (non-hydrogen) atoms. The van der Waals surface area contributed by atoms with Gasteiger partial charge >= 0.3 is 0 Å². The Morgan fingerprint density at radius 3 is 2.75 bits per heavy atom. The average molecular weight is 401 g/mol. The smallest absolute Gasteiger partial charge is 0.257 e. The molecule has 0 saturated heterocycles. The van der Waals surface area contributed by atoms with Crippen LogP contribution in [-0.4, -0.2) is 32.0 Å². The van der Waals surface area contributed by atoms with Gasteiger partial charge in [0.15, 0.2) is 5.65 Å². The van der Waals surface area contributed by atoms with E-state index in [9.17, 15) is 4.79 Å². The Morgan fingerprint density at radius 1 is 1.25 bits per heavy atom. The van der Waals surface area contributed by atoms with Crippen LogP contribution >= 0.6 is 11.6 Å². The Balaban J connectivity index is 1.58. The molecule has 6 nitrogen and oxygen atoms in total. The third kappa shape index (κ3) is 3.20. The molecule has 0 bridgehead atoms. The number of halogens is 1. The van der Waals surface area contributed by atoms with Gasteiger partial charge in [0.05, 0.1) is 47.4 Å². The lowest BCUT2D eigenvalue weighted by atomic mass is 10.0. The Labute approximate surface area is 169 Å². The van der Waals surface area contributed by atoms with Gasteiger partial charge in [-0.05, 0) is 38.7 Å².